The van der Waals surface area contributed by atoms with Crippen LogP contribution in [0, 0.1) is 0 Å². The average Bonchev–Trinajstić information content (AvgIpc) is 2.91. The predicted molar refractivity (Wildman–Crippen MR) is 150 cm³/mol. The first-order chi connectivity index (χ1) is 18.6. The van der Waals surface area contributed by atoms with Crippen molar-refractivity contribution in [1.29, 1.82) is 0 Å². The van der Waals surface area contributed by atoms with Gasteiger partial charge in [0.2, 0.25) is 21.8 Å². The largest absolute Gasteiger partial charge is 0.348 e. The monoisotopic (exact) mass is 551 g/mol. The summed E-state index contributed by atoms with van der Waals surface area (Å²) in [5.41, 5.74) is 8.50. The number of unbranched alkanes of at least 4 members (excludes halogenated alkanes) is 1. The molecule has 1 atom stereocenters. The number of anilines is 1. The molecule has 0 aliphatic heterocycles. The first-order valence-corrected chi connectivity index (χ1v) is 14.0. The van der Waals surface area contributed by atoms with Crippen LogP contribution in [0.1, 0.15) is 42.1 Å². The van der Waals surface area contributed by atoms with E-state index in [-0.39, 0.29) is 29.2 Å². The van der Waals surface area contributed by atoms with E-state index < -0.39 is 16.1 Å². The molecule has 0 aliphatic rings. The van der Waals surface area contributed by atoms with E-state index in [1.807, 2.05) is 30.3 Å². The van der Waals surface area contributed by atoms with Crippen molar-refractivity contribution in [3.05, 3.63) is 83.9 Å². The topological polar surface area (TPSA) is 173 Å². The first-order valence-electron chi connectivity index (χ1n) is 12.5. The van der Waals surface area contributed by atoms with Gasteiger partial charge in [-0.15, -0.1) is 0 Å². The average molecular weight is 552 g/mol. The molecule has 39 heavy (non-hydrogen) atoms. The Morgan fingerprint density at radius 3 is 2.23 bits per heavy atom. The Balaban J connectivity index is 1.81. The summed E-state index contributed by atoms with van der Waals surface area (Å²) in [7, 11) is -3.80. The van der Waals surface area contributed by atoms with E-state index >= 15 is 0 Å². The van der Waals surface area contributed by atoms with E-state index in [1.54, 1.807) is 30.3 Å². The molecule has 10 nitrogen and oxygen atoms in total. The van der Waals surface area contributed by atoms with E-state index in [2.05, 4.69) is 16.0 Å². The molecule has 3 amide bonds. The zero-order valence-electron chi connectivity index (χ0n) is 21.6. The number of nitrogens with one attached hydrogen (secondary N) is 3. The smallest absolute Gasteiger partial charge is 0.252 e. The summed E-state index contributed by atoms with van der Waals surface area (Å²) in [6.45, 7) is 2.02. The zero-order chi connectivity index (χ0) is 28.4. The molecule has 0 aliphatic carbocycles. The van der Waals surface area contributed by atoms with Crippen LogP contribution < -0.4 is 26.8 Å². The molecular weight excluding hydrogens is 518 g/mol. The van der Waals surface area contributed by atoms with Crippen LogP contribution >= 0.6 is 0 Å². The van der Waals surface area contributed by atoms with Gasteiger partial charge in [-0.2, -0.15) is 0 Å². The van der Waals surface area contributed by atoms with E-state index in [9.17, 15) is 22.8 Å². The third-order valence-electron chi connectivity index (χ3n) is 5.96. The highest BCUT2D eigenvalue weighted by atomic mass is 32.2. The molecule has 0 spiro atoms. The Kier molecular flexibility index (Phi) is 10.3. The third-order valence-corrected chi connectivity index (χ3v) is 6.89. The number of hydrogen-bond acceptors (Lipinski definition) is 6. The Bertz CT molecular complexity index is 1410. The van der Waals surface area contributed by atoms with Gasteiger partial charge in [0.15, 0.2) is 0 Å². The van der Waals surface area contributed by atoms with Gasteiger partial charge in [-0.3, -0.25) is 14.4 Å². The summed E-state index contributed by atoms with van der Waals surface area (Å²) in [6.07, 6.45) is 1.88. The van der Waals surface area contributed by atoms with Crippen molar-refractivity contribution in [2.75, 3.05) is 11.9 Å². The minimum atomic E-state index is -3.80. The van der Waals surface area contributed by atoms with Gasteiger partial charge in [-0.25, -0.2) is 13.6 Å². The fraction of sp³-hybridized carbons (Fsp3) is 0.250. The first kappa shape index (κ1) is 29.5. The lowest BCUT2D eigenvalue weighted by Gasteiger charge is -2.18. The van der Waals surface area contributed by atoms with E-state index in [4.69, 9.17) is 10.9 Å². The van der Waals surface area contributed by atoms with Crippen molar-refractivity contribution in [2.24, 2.45) is 10.9 Å². The maximum atomic E-state index is 13.2. The van der Waals surface area contributed by atoms with Crippen molar-refractivity contribution in [2.45, 2.75) is 43.7 Å². The molecule has 3 aromatic carbocycles. The lowest BCUT2D eigenvalue weighted by molar-refractivity contribution is -0.125. The highest BCUT2D eigenvalue weighted by molar-refractivity contribution is 7.89. The number of carbonyl (C=O) groups excluding carboxylic acids is 3. The van der Waals surface area contributed by atoms with Gasteiger partial charge in [0, 0.05) is 24.7 Å². The van der Waals surface area contributed by atoms with Gasteiger partial charge in [-0.05, 0) is 72.8 Å². The van der Waals surface area contributed by atoms with Gasteiger partial charge >= 0.3 is 0 Å². The SMILES string of the molecule is CC(=O)N[C@@H](CCCCN)C(=O)Nc1ccc(C(=O)NCc2ccc(S(N)(=O)=O)cc2)c(-c2ccccc2)c1. The van der Waals surface area contributed by atoms with Crippen molar-refractivity contribution in [3.8, 4) is 11.1 Å². The molecule has 0 bridgehead atoms. The van der Waals surface area contributed by atoms with Crippen molar-refractivity contribution < 1.29 is 22.8 Å². The minimum absolute atomic E-state index is 0.0123. The molecule has 206 valence electrons. The van der Waals surface area contributed by atoms with Crippen LogP contribution in [0.15, 0.2) is 77.7 Å². The zero-order valence-corrected chi connectivity index (χ0v) is 22.5. The quantitative estimate of drug-likeness (QED) is 0.216. The maximum absolute atomic E-state index is 13.2. The maximum Gasteiger partial charge on any atom is 0.252 e. The van der Waals surface area contributed by atoms with Gasteiger partial charge in [-0.1, -0.05) is 42.5 Å². The third kappa shape index (κ3) is 8.74. The molecule has 0 unspecified atom stereocenters. The molecule has 0 saturated carbocycles. The van der Waals surface area contributed by atoms with Crippen LogP contribution in [0.25, 0.3) is 11.1 Å². The van der Waals surface area contributed by atoms with Crippen molar-refractivity contribution in [1.82, 2.24) is 10.6 Å². The highest BCUT2D eigenvalue weighted by Gasteiger charge is 2.20. The summed E-state index contributed by atoms with van der Waals surface area (Å²) < 4.78 is 22.9. The number of rotatable bonds is 12. The molecule has 3 aromatic rings. The number of benzene rings is 3. The molecule has 3 rings (SSSR count). The van der Waals surface area contributed by atoms with Gasteiger partial charge in [0.1, 0.15) is 6.04 Å². The molecule has 0 fully saturated rings. The molecular formula is C28H33N5O5S. The van der Waals surface area contributed by atoms with Gasteiger partial charge < -0.3 is 21.7 Å². The fourth-order valence-electron chi connectivity index (χ4n) is 3.99. The Hall–Kier alpha value is -4.06. The lowest BCUT2D eigenvalue weighted by atomic mass is 9.98. The summed E-state index contributed by atoms with van der Waals surface area (Å²) in [4.78, 5) is 37.8. The van der Waals surface area contributed by atoms with Crippen LogP contribution in [0.2, 0.25) is 0 Å². The Labute approximate surface area is 228 Å². The number of sulfonamides is 1. The number of carbonyl (C=O) groups is 3. The standard InChI is InChI=1S/C28H33N5O5S/c1-19(34)32-26(9-5-6-16-29)28(36)33-22-12-15-24(25(17-22)21-7-3-2-4-8-21)27(35)31-18-20-10-13-23(14-11-20)39(30,37)38/h2-4,7-8,10-15,17,26H,5-6,9,16,18,29H2,1H3,(H,31,35)(H,32,34)(H,33,36)(H2,30,37,38)/t26-/m0/s1. The van der Waals surface area contributed by atoms with Crippen LogP contribution in [-0.2, 0) is 26.2 Å². The molecule has 0 radical (unpaired) electrons. The Morgan fingerprint density at radius 1 is 0.923 bits per heavy atom. The fourth-order valence-corrected chi connectivity index (χ4v) is 4.50. The summed E-state index contributed by atoms with van der Waals surface area (Å²) >= 11 is 0. The Morgan fingerprint density at radius 2 is 1.62 bits per heavy atom. The van der Waals surface area contributed by atoms with Gasteiger partial charge in [0.25, 0.3) is 5.91 Å². The predicted octanol–water partition coefficient (Wildman–Crippen LogP) is 2.50. The van der Waals surface area contributed by atoms with Crippen LogP contribution in [0.4, 0.5) is 5.69 Å². The molecule has 0 heterocycles. The van der Waals surface area contributed by atoms with Crippen LogP contribution in [0.5, 0.6) is 0 Å². The minimum Gasteiger partial charge on any atom is -0.348 e. The summed E-state index contributed by atoms with van der Waals surface area (Å²) in [6, 6.07) is 19.5. The number of primary sulfonamides is 1. The molecule has 11 heteroatoms. The van der Waals surface area contributed by atoms with Crippen LogP contribution in [0.3, 0.4) is 0 Å². The lowest BCUT2D eigenvalue weighted by Crippen LogP contribution is -2.42. The second-order valence-electron chi connectivity index (χ2n) is 9.02. The molecule has 0 aromatic heterocycles. The number of hydrogen-bond donors (Lipinski definition) is 5. The van der Waals surface area contributed by atoms with Crippen molar-refractivity contribution >= 4 is 33.4 Å². The van der Waals surface area contributed by atoms with E-state index in [1.165, 1.54) is 19.1 Å². The summed E-state index contributed by atoms with van der Waals surface area (Å²) in [5, 5.41) is 13.5. The van der Waals surface area contributed by atoms with E-state index in [0.717, 1.165) is 12.0 Å². The number of nitrogens with two attached hydrogens (primary N) is 2. The summed E-state index contributed by atoms with van der Waals surface area (Å²) in [5.74, 6) is -1.01. The second kappa shape index (κ2) is 13.7. The van der Waals surface area contributed by atoms with E-state index in [0.29, 0.717) is 41.8 Å². The molecule has 7 N–H and O–H groups in total. The van der Waals surface area contributed by atoms with Crippen LogP contribution in [-0.4, -0.2) is 38.7 Å². The number of amides is 3. The van der Waals surface area contributed by atoms with Crippen molar-refractivity contribution in [3.63, 3.8) is 0 Å². The highest BCUT2D eigenvalue weighted by Crippen LogP contribution is 2.27. The van der Waals surface area contributed by atoms with Gasteiger partial charge in [0.05, 0.1) is 4.90 Å². The molecule has 0 saturated heterocycles. The normalized spacial score (nSPS) is 11.9. The second-order valence-corrected chi connectivity index (χ2v) is 10.6.